The Morgan fingerprint density at radius 1 is 1.00 bits per heavy atom. The van der Waals surface area contributed by atoms with Gasteiger partial charge in [0.15, 0.2) is 0 Å². The lowest BCUT2D eigenvalue weighted by Crippen LogP contribution is -2.42. The molecule has 0 aliphatic rings. The van der Waals surface area contributed by atoms with Crippen molar-refractivity contribution in [2.24, 2.45) is 0 Å². The lowest BCUT2D eigenvalue weighted by Gasteiger charge is -2.27. The number of ether oxygens (including phenoxy) is 1. The van der Waals surface area contributed by atoms with Crippen molar-refractivity contribution in [1.82, 2.24) is 4.90 Å². The zero-order valence-electron chi connectivity index (χ0n) is 19.3. The van der Waals surface area contributed by atoms with E-state index in [1.165, 1.54) is 10.5 Å². The molecule has 2 aromatic carbocycles. The molecule has 0 fully saturated rings. The molecule has 5 heteroatoms. The highest BCUT2D eigenvalue weighted by Gasteiger charge is 2.22. The molecule has 0 unspecified atom stereocenters. The number of hydrogen-bond donors (Lipinski definition) is 0. The Labute approximate surface area is 180 Å². The maximum Gasteiger partial charge on any atom is 0.331 e. The highest BCUT2D eigenvalue weighted by molar-refractivity contribution is 5.97. The predicted molar refractivity (Wildman–Crippen MR) is 122 cm³/mol. The van der Waals surface area contributed by atoms with Gasteiger partial charge in [-0.15, -0.1) is 0 Å². The number of carbonyl (C=O) groups excluding carboxylic acids is 2. The SMILES string of the molecule is CCc1ccc(N(CC)C(=O)N(C=O)Cc2cc(C)c(OC(C)(C)C)c(C)c2)cc1. The summed E-state index contributed by atoms with van der Waals surface area (Å²) in [5, 5.41) is 0. The van der Waals surface area contributed by atoms with E-state index in [0.717, 1.165) is 34.5 Å². The summed E-state index contributed by atoms with van der Waals surface area (Å²) in [6, 6.07) is 11.5. The summed E-state index contributed by atoms with van der Waals surface area (Å²) >= 11 is 0. The second kappa shape index (κ2) is 9.79. The van der Waals surface area contributed by atoms with Crippen LogP contribution in [0.4, 0.5) is 10.5 Å². The quantitative estimate of drug-likeness (QED) is 0.554. The van der Waals surface area contributed by atoms with Crippen LogP contribution in [0.2, 0.25) is 0 Å². The third-order valence-corrected chi connectivity index (χ3v) is 4.86. The standard InChI is InChI=1S/C25H34N2O3/c1-8-20-10-12-22(13-11-20)27(9-2)24(29)26(17-28)16-21-14-18(3)23(19(4)15-21)30-25(5,6)7/h10-15,17H,8-9,16H2,1-7H3. The minimum atomic E-state index is -0.331. The van der Waals surface area contributed by atoms with Crippen molar-refractivity contribution in [3.8, 4) is 5.75 Å². The fourth-order valence-corrected chi connectivity index (χ4v) is 3.44. The Hall–Kier alpha value is -2.82. The summed E-state index contributed by atoms with van der Waals surface area (Å²) in [4.78, 5) is 27.7. The van der Waals surface area contributed by atoms with Crippen LogP contribution in [0.1, 0.15) is 56.9 Å². The summed E-state index contributed by atoms with van der Waals surface area (Å²) < 4.78 is 6.07. The minimum absolute atomic E-state index is 0.212. The van der Waals surface area contributed by atoms with Gasteiger partial charge in [0.05, 0.1) is 6.54 Å². The number of benzene rings is 2. The lowest BCUT2D eigenvalue weighted by atomic mass is 10.0. The zero-order chi connectivity index (χ0) is 22.5. The normalized spacial score (nSPS) is 11.2. The van der Waals surface area contributed by atoms with Crippen molar-refractivity contribution >= 4 is 18.1 Å². The van der Waals surface area contributed by atoms with E-state index in [-0.39, 0.29) is 18.2 Å². The highest BCUT2D eigenvalue weighted by atomic mass is 16.5. The molecular formula is C25H34N2O3. The number of anilines is 1. The van der Waals surface area contributed by atoms with Gasteiger partial charge >= 0.3 is 6.03 Å². The third kappa shape index (κ3) is 5.85. The van der Waals surface area contributed by atoms with Gasteiger partial charge in [0.2, 0.25) is 6.41 Å². The van der Waals surface area contributed by atoms with Gasteiger partial charge in [-0.05, 0) is 82.3 Å². The summed E-state index contributed by atoms with van der Waals surface area (Å²) in [6.07, 6.45) is 1.55. The molecule has 162 valence electrons. The molecule has 0 spiro atoms. The molecule has 0 aromatic heterocycles. The number of carbonyl (C=O) groups is 2. The van der Waals surface area contributed by atoms with Crippen LogP contribution in [0.25, 0.3) is 0 Å². The molecule has 30 heavy (non-hydrogen) atoms. The molecule has 0 bridgehead atoms. The molecule has 0 saturated heterocycles. The van der Waals surface area contributed by atoms with E-state index >= 15 is 0 Å². The molecule has 3 amide bonds. The third-order valence-electron chi connectivity index (χ3n) is 4.86. The Balaban J connectivity index is 2.24. The number of nitrogens with zero attached hydrogens (tertiary/aromatic N) is 2. The van der Waals surface area contributed by atoms with E-state index in [1.807, 2.05) is 77.9 Å². The van der Waals surface area contributed by atoms with Gasteiger partial charge in [0, 0.05) is 12.2 Å². The Bertz CT molecular complexity index is 859. The topological polar surface area (TPSA) is 49.9 Å². The van der Waals surface area contributed by atoms with Gasteiger partial charge in [0.25, 0.3) is 0 Å². The van der Waals surface area contributed by atoms with E-state index in [2.05, 4.69) is 6.92 Å². The predicted octanol–water partition coefficient (Wildman–Crippen LogP) is 5.65. The van der Waals surface area contributed by atoms with Crippen molar-refractivity contribution in [3.05, 3.63) is 58.7 Å². The molecular weight excluding hydrogens is 376 g/mol. The van der Waals surface area contributed by atoms with E-state index in [1.54, 1.807) is 4.90 Å². The fraction of sp³-hybridized carbons (Fsp3) is 0.440. The first-order chi connectivity index (χ1) is 14.1. The first kappa shape index (κ1) is 23.5. The van der Waals surface area contributed by atoms with E-state index < -0.39 is 0 Å². The number of amides is 3. The van der Waals surface area contributed by atoms with Crippen molar-refractivity contribution in [3.63, 3.8) is 0 Å². The molecule has 0 radical (unpaired) electrons. The van der Waals surface area contributed by atoms with Gasteiger partial charge in [-0.2, -0.15) is 0 Å². The van der Waals surface area contributed by atoms with Crippen LogP contribution in [0.3, 0.4) is 0 Å². The van der Waals surface area contributed by atoms with Crippen LogP contribution in [0.15, 0.2) is 36.4 Å². The number of urea groups is 1. The van der Waals surface area contributed by atoms with Crippen molar-refractivity contribution in [2.45, 2.75) is 67.0 Å². The molecule has 5 nitrogen and oxygen atoms in total. The molecule has 0 aliphatic carbocycles. The summed E-state index contributed by atoms with van der Waals surface area (Å²) in [7, 11) is 0. The molecule has 0 atom stereocenters. The van der Waals surface area contributed by atoms with Crippen LogP contribution in [-0.4, -0.2) is 29.5 Å². The Kier molecular flexibility index (Phi) is 7.65. The van der Waals surface area contributed by atoms with Gasteiger partial charge in [-0.3, -0.25) is 14.6 Å². The number of rotatable bonds is 7. The van der Waals surface area contributed by atoms with E-state index in [4.69, 9.17) is 4.74 Å². The Morgan fingerprint density at radius 3 is 2.00 bits per heavy atom. The van der Waals surface area contributed by atoms with Crippen LogP contribution in [0.5, 0.6) is 5.75 Å². The molecule has 0 N–H and O–H groups in total. The largest absolute Gasteiger partial charge is 0.488 e. The van der Waals surface area contributed by atoms with Crippen molar-refractivity contribution < 1.29 is 14.3 Å². The van der Waals surface area contributed by atoms with Gasteiger partial charge in [0.1, 0.15) is 11.4 Å². The van der Waals surface area contributed by atoms with Crippen molar-refractivity contribution in [2.75, 3.05) is 11.4 Å². The van der Waals surface area contributed by atoms with E-state index in [9.17, 15) is 9.59 Å². The fourth-order valence-electron chi connectivity index (χ4n) is 3.44. The average Bonchev–Trinajstić information content (AvgIpc) is 2.69. The molecule has 2 rings (SSSR count). The smallest absolute Gasteiger partial charge is 0.331 e. The zero-order valence-corrected chi connectivity index (χ0v) is 19.3. The maximum absolute atomic E-state index is 13.1. The minimum Gasteiger partial charge on any atom is -0.488 e. The molecule has 0 aliphatic heterocycles. The molecule has 0 heterocycles. The van der Waals surface area contributed by atoms with E-state index in [0.29, 0.717) is 13.0 Å². The van der Waals surface area contributed by atoms with Crippen LogP contribution < -0.4 is 9.64 Å². The monoisotopic (exact) mass is 410 g/mol. The maximum atomic E-state index is 13.1. The van der Waals surface area contributed by atoms with Gasteiger partial charge in [-0.1, -0.05) is 31.2 Å². The average molecular weight is 411 g/mol. The highest BCUT2D eigenvalue weighted by Crippen LogP contribution is 2.29. The summed E-state index contributed by atoms with van der Waals surface area (Å²) in [5.41, 5.74) is 4.56. The molecule has 2 aromatic rings. The van der Waals surface area contributed by atoms with Gasteiger partial charge in [-0.25, -0.2) is 4.79 Å². The Morgan fingerprint density at radius 2 is 1.57 bits per heavy atom. The number of hydrogen-bond acceptors (Lipinski definition) is 3. The lowest BCUT2D eigenvalue weighted by molar-refractivity contribution is -0.115. The second-order valence-corrected chi connectivity index (χ2v) is 8.55. The number of aryl methyl sites for hydroxylation is 3. The van der Waals surface area contributed by atoms with Crippen LogP contribution >= 0.6 is 0 Å². The van der Waals surface area contributed by atoms with Crippen LogP contribution in [-0.2, 0) is 17.8 Å². The second-order valence-electron chi connectivity index (χ2n) is 8.55. The van der Waals surface area contributed by atoms with Crippen molar-refractivity contribution in [1.29, 1.82) is 0 Å². The first-order valence-corrected chi connectivity index (χ1v) is 10.5. The summed E-state index contributed by atoms with van der Waals surface area (Å²) in [6.45, 7) is 14.7. The summed E-state index contributed by atoms with van der Waals surface area (Å²) in [5.74, 6) is 0.849. The number of imide groups is 1. The first-order valence-electron chi connectivity index (χ1n) is 10.5. The molecule has 0 saturated carbocycles. The van der Waals surface area contributed by atoms with Gasteiger partial charge < -0.3 is 4.74 Å². The van der Waals surface area contributed by atoms with Crippen LogP contribution in [0, 0.1) is 13.8 Å².